The Balaban J connectivity index is 1.39. The van der Waals surface area contributed by atoms with Gasteiger partial charge < -0.3 is 24.3 Å². The lowest BCUT2D eigenvalue weighted by molar-refractivity contribution is -0.138. The second kappa shape index (κ2) is 14.4. The van der Waals surface area contributed by atoms with Gasteiger partial charge in [-0.25, -0.2) is 0 Å². The van der Waals surface area contributed by atoms with Crippen molar-refractivity contribution in [3.63, 3.8) is 0 Å². The van der Waals surface area contributed by atoms with Gasteiger partial charge >= 0.3 is 11.9 Å². The third-order valence-electron chi connectivity index (χ3n) is 6.35. The molecule has 0 atom stereocenters. The van der Waals surface area contributed by atoms with Crippen molar-refractivity contribution in [3.05, 3.63) is 108 Å². The summed E-state index contributed by atoms with van der Waals surface area (Å²) in [5, 5.41) is 19.3. The summed E-state index contributed by atoms with van der Waals surface area (Å²) in [6, 6.07) is 23.4. The quantitative estimate of drug-likeness (QED) is 0.129. The number of para-hydroxylation sites is 2. The molecule has 0 saturated heterocycles. The molecule has 0 aliphatic heterocycles. The number of carboxylic acid groups (broad SMARTS) is 2. The molecule has 1 aromatic heterocycles. The van der Waals surface area contributed by atoms with Gasteiger partial charge in [0.05, 0.1) is 11.9 Å². The molecule has 2 N–H and O–H groups in total. The zero-order valence-corrected chi connectivity index (χ0v) is 22.2. The molecule has 0 spiro atoms. The Labute approximate surface area is 233 Å². The largest absolute Gasteiger partial charge is 0.490 e. The van der Waals surface area contributed by atoms with Crippen molar-refractivity contribution in [1.82, 2.24) is 4.57 Å². The number of aromatic nitrogens is 1. The van der Waals surface area contributed by atoms with Crippen LogP contribution in [0.1, 0.15) is 36.0 Å². The average Bonchev–Trinajstić information content (AvgIpc) is 3.31. The maximum Gasteiger partial charge on any atom is 0.305 e. The van der Waals surface area contributed by atoms with Crippen LogP contribution in [0.5, 0.6) is 11.5 Å². The molecule has 1 heterocycles. The van der Waals surface area contributed by atoms with Crippen LogP contribution in [0.4, 0.5) is 0 Å². The Kier molecular flexibility index (Phi) is 10.2. The van der Waals surface area contributed by atoms with E-state index in [1.165, 1.54) is 0 Å². The summed E-state index contributed by atoms with van der Waals surface area (Å²) in [6.07, 6.45) is 11.1. The molecule has 4 aromatic rings. The summed E-state index contributed by atoms with van der Waals surface area (Å²) in [7, 11) is 0. The highest BCUT2D eigenvalue weighted by atomic mass is 16.5. The molecule has 0 fully saturated rings. The van der Waals surface area contributed by atoms with Crippen molar-refractivity contribution in [1.29, 1.82) is 0 Å². The van der Waals surface area contributed by atoms with Crippen molar-refractivity contribution in [2.75, 3.05) is 13.2 Å². The first-order chi connectivity index (χ1) is 19.5. The van der Waals surface area contributed by atoms with Crippen molar-refractivity contribution in [2.24, 2.45) is 0 Å². The minimum absolute atomic E-state index is 0.00704. The lowest BCUT2D eigenvalue weighted by atomic mass is 10.0. The minimum Gasteiger partial charge on any atom is -0.490 e. The van der Waals surface area contributed by atoms with Crippen LogP contribution in [-0.2, 0) is 22.6 Å². The van der Waals surface area contributed by atoms with E-state index >= 15 is 0 Å². The Bertz CT molecular complexity index is 1470. The van der Waals surface area contributed by atoms with Gasteiger partial charge in [0.25, 0.3) is 0 Å². The van der Waals surface area contributed by atoms with Gasteiger partial charge in [-0.15, -0.1) is 0 Å². The average molecular weight is 540 g/mol. The van der Waals surface area contributed by atoms with Gasteiger partial charge in [0.1, 0.15) is 24.7 Å². The predicted octanol–water partition coefficient (Wildman–Crippen LogP) is 6.71. The van der Waals surface area contributed by atoms with E-state index in [2.05, 4.69) is 0 Å². The van der Waals surface area contributed by atoms with E-state index < -0.39 is 11.9 Å². The highest BCUT2D eigenvalue weighted by Crippen LogP contribution is 2.28. The van der Waals surface area contributed by atoms with E-state index in [1.807, 2.05) is 108 Å². The maximum atomic E-state index is 11.2. The smallest absolute Gasteiger partial charge is 0.305 e. The number of rotatable bonds is 15. The van der Waals surface area contributed by atoms with Gasteiger partial charge in [-0.3, -0.25) is 9.59 Å². The summed E-state index contributed by atoms with van der Waals surface area (Å²) in [5.74, 6) is -0.0841. The van der Waals surface area contributed by atoms with Gasteiger partial charge in [0, 0.05) is 24.5 Å². The molecule has 40 heavy (non-hydrogen) atoms. The molecular formula is C33H33NO6. The molecule has 3 aromatic carbocycles. The van der Waals surface area contributed by atoms with E-state index in [0.717, 1.165) is 39.1 Å². The first-order valence-corrected chi connectivity index (χ1v) is 13.3. The number of benzene rings is 3. The summed E-state index contributed by atoms with van der Waals surface area (Å²) >= 11 is 0. The van der Waals surface area contributed by atoms with Crippen LogP contribution >= 0.6 is 0 Å². The second-order valence-electron chi connectivity index (χ2n) is 9.29. The fraction of sp³-hybridized carbons (Fsp3) is 0.212. The second-order valence-corrected chi connectivity index (χ2v) is 9.29. The molecule has 0 amide bonds. The Morgan fingerprint density at radius 3 is 2.10 bits per heavy atom. The van der Waals surface area contributed by atoms with Crippen LogP contribution in [0.3, 0.4) is 0 Å². The van der Waals surface area contributed by atoms with Gasteiger partial charge in [0.2, 0.25) is 0 Å². The SMILES string of the molecule is O=C(O)CCCc1cn(CCC(=O)O)c2c(C=Cc3ccc(OCC=CCOc4ccccc4)cc3)cccc12. The van der Waals surface area contributed by atoms with Gasteiger partial charge in [-0.2, -0.15) is 0 Å². The molecule has 0 unspecified atom stereocenters. The molecule has 4 rings (SSSR count). The van der Waals surface area contributed by atoms with E-state index in [9.17, 15) is 14.7 Å². The van der Waals surface area contributed by atoms with Crippen molar-refractivity contribution in [3.8, 4) is 11.5 Å². The van der Waals surface area contributed by atoms with Crippen LogP contribution in [0, 0.1) is 0 Å². The van der Waals surface area contributed by atoms with Crippen LogP contribution in [0.25, 0.3) is 23.1 Å². The number of nitrogens with zero attached hydrogens (tertiary/aromatic N) is 1. The number of carboxylic acids is 2. The number of carbonyl (C=O) groups is 2. The van der Waals surface area contributed by atoms with E-state index in [-0.39, 0.29) is 12.8 Å². The van der Waals surface area contributed by atoms with E-state index in [1.54, 1.807) is 0 Å². The molecule has 7 nitrogen and oxygen atoms in total. The molecule has 7 heteroatoms. The number of hydrogen-bond donors (Lipinski definition) is 2. The highest BCUT2D eigenvalue weighted by molar-refractivity contribution is 5.93. The van der Waals surface area contributed by atoms with Crippen molar-refractivity contribution in [2.45, 2.75) is 32.2 Å². The lowest BCUT2D eigenvalue weighted by Gasteiger charge is -2.07. The normalized spacial score (nSPS) is 11.4. The molecule has 0 bridgehead atoms. The first kappa shape index (κ1) is 28.2. The van der Waals surface area contributed by atoms with Gasteiger partial charge in [0.15, 0.2) is 0 Å². The highest BCUT2D eigenvalue weighted by Gasteiger charge is 2.13. The lowest BCUT2D eigenvalue weighted by Crippen LogP contribution is -2.04. The third-order valence-corrected chi connectivity index (χ3v) is 6.35. The zero-order valence-electron chi connectivity index (χ0n) is 22.2. The zero-order chi connectivity index (χ0) is 28.2. The number of aryl methyl sites for hydroxylation is 2. The number of fused-ring (bicyclic) bond motifs is 1. The minimum atomic E-state index is -0.861. The fourth-order valence-corrected chi connectivity index (χ4v) is 4.42. The molecular weight excluding hydrogens is 506 g/mol. The summed E-state index contributed by atoms with van der Waals surface area (Å²) in [5.41, 5.74) is 3.95. The van der Waals surface area contributed by atoms with E-state index in [0.29, 0.717) is 32.6 Å². The molecule has 206 valence electrons. The Hall–Kier alpha value is -4.78. The molecule has 0 radical (unpaired) electrons. The van der Waals surface area contributed by atoms with Crippen LogP contribution in [0.2, 0.25) is 0 Å². The van der Waals surface area contributed by atoms with Crippen LogP contribution < -0.4 is 9.47 Å². The predicted molar refractivity (Wildman–Crippen MR) is 157 cm³/mol. The third kappa shape index (κ3) is 8.36. The van der Waals surface area contributed by atoms with E-state index in [4.69, 9.17) is 14.6 Å². The topological polar surface area (TPSA) is 98.0 Å². The summed E-state index contributed by atoms with van der Waals surface area (Å²) < 4.78 is 13.4. The van der Waals surface area contributed by atoms with Crippen molar-refractivity contribution < 1.29 is 29.3 Å². The Morgan fingerprint density at radius 2 is 1.43 bits per heavy atom. The molecule has 0 saturated carbocycles. The number of hydrogen-bond acceptors (Lipinski definition) is 4. The molecule has 0 aliphatic carbocycles. The summed E-state index contributed by atoms with van der Waals surface area (Å²) in [4.78, 5) is 22.2. The summed E-state index contributed by atoms with van der Waals surface area (Å²) in [6.45, 7) is 1.26. The van der Waals surface area contributed by atoms with Gasteiger partial charge in [-0.1, -0.05) is 60.7 Å². The number of ether oxygens (including phenoxy) is 2. The fourth-order valence-electron chi connectivity index (χ4n) is 4.42. The maximum absolute atomic E-state index is 11.2. The number of aliphatic carboxylic acids is 2. The molecule has 0 aliphatic rings. The standard InChI is InChI=1S/C33H33NO6/c35-31(36)13-7-9-27-24-34(21-20-32(37)38)33-26(8-6-12-30(27)33)17-14-25-15-18-29(19-16-25)40-23-5-4-22-39-28-10-2-1-3-11-28/h1-6,8,10-12,14-19,24H,7,9,13,20-23H2,(H,35,36)(H,37,38). The van der Waals surface area contributed by atoms with Crippen LogP contribution in [-0.4, -0.2) is 39.9 Å². The Morgan fingerprint density at radius 1 is 0.750 bits per heavy atom. The van der Waals surface area contributed by atoms with Crippen molar-refractivity contribution >= 4 is 35.0 Å². The monoisotopic (exact) mass is 539 g/mol. The first-order valence-electron chi connectivity index (χ1n) is 13.3. The van der Waals surface area contributed by atoms with Crippen LogP contribution in [0.15, 0.2) is 91.1 Å². The van der Waals surface area contributed by atoms with Gasteiger partial charge in [-0.05, 0) is 65.9 Å².